The van der Waals surface area contributed by atoms with E-state index in [-0.39, 0.29) is 10.8 Å². The lowest BCUT2D eigenvalue weighted by Gasteiger charge is -2.28. The quantitative estimate of drug-likeness (QED) is 0.831. The molecule has 0 aliphatic heterocycles. The van der Waals surface area contributed by atoms with Crippen LogP contribution in [0.1, 0.15) is 32.8 Å². The first-order valence-electron chi connectivity index (χ1n) is 6.15. The summed E-state index contributed by atoms with van der Waals surface area (Å²) in [6.45, 7) is 6.50. The average Bonchev–Trinajstić information content (AvgIpc) is 2.26. The molecule has 0 aliphatic rings. The van der Waals surface area contributed by atoms with Crippen LogP contribution in [0.25, 0.3) is 0 Å². The molecule has 100 valence electrons. The minimum Gasteiger partial charge on any atom is -0.389 e. The smallest absolute Gasteiger partial charge is 0.135 e. The molecule has 0 aliphatic carbocycles. The Hall–Kier alpha value is -1.16. The molecule has 1 aromatic carbocycles. The van der Waals surface area contributed by atoms with Crippen molar-refractivity contribution in [2.45, 2.75) is 33.2 Å². The van der Waals surface area contributed by atoms with Crippen LogP contribution in [0.4, 0.5) is 10.1 Å². The van der Waals surface area contributed by atoms with Crippen molar-refractivity contribution in [3.8, 4) is 0 Å². The van der Waals surface area contributed by atoms with Gasteiger partial charge in [-0.1, -0.05) is 26.1 Å². The number of nitrogens with two attached hydrogens (primary N) is 1. The summed E-state index contributed by atoms with van der Waals surface area (Å²) in [5.74, 6) is 0.256. The normalized spacial score (nSPS) is 12.6. The lowest BCUT2D eigenvalue weighted by molar-refractivity contribution is 0.503. The molecule has 1 unspecified atom stereocenters. The van der Waals surface area contributed by atoms with Gasteiger partial charge < -0.3 is 10.6 Å². The van der Waals surface area contributed by atoms with E-state index in [1.807, 2.05) is 13.1 Å². The molecule has 18 heavy (non-hydrogen) atoms. The Kier molecular flexibility index (Phi) is 5.08. The summed E-state index contributed by atoms with van der Waals surface area (Å²) in [7, 11) is 1.97. The van der Waals surface area contributed by atoms with Crippen LogP contribution in [0.5, 0.6) is 0 Å². The van der Waals surface area contributed by atoms with Crippen LogP contribution in [-0.2, 0) is 0 Å². The summed E-state index contributed by atoms with van der Waals surface area (Å²) in [6.07, 6.45) is 1.06. The van der Waals surface area contributed by atoms with Crippen LogP contribution in [0.15, 0.2) is 18.2 Å². The van der Waals surface area contributed by atoms with Gasteiger partial charge in [-0.15, -0.1) is 0 Å². The maximum atomic E-state index is 13.8. The van der Waals surface area contributed by atoms with E-state index in [1.165, 1.54) is 6.07 Å². The third-order valence-corrected chi connectivity index (χ3v) is 3.32. The van der Waals surface area contributed by atoms with Gasteiger partial charge in [0.05, 0.1) is 0 Å². The fourth-order valence-electron chi connectivity index (χ4n) is 2.02. The van der Waals surface area contributed by atoms with Gasteiger partial charge in [-0.2, -0.15) is 0 Å². The van der Waals surface area contributed by atoms with Crippen molar-refractivity contribution in [1.29, 1.82) is 0 Å². The van der Waals surface area contributed by atoms with Crippen LogP contribution < -0.4 is 10.6 Å². The molecule has 1 rings (SSSR count). The molecule has 4 heteroatoms. The predicted octanol–water partition coefficient (Wildman–Crippen LogP) is 3.33. The van der Waals surface area contributed by atoms with Gasteiger partial charge >= 0.3 is 0 Å². The highest BCUT2D eigenvalue weighted by atomic mass is 32.1. The highest BCUT2D eigenvalue weighted by Crippen LogP contribution is 2.21. The van der Waals surface area contributed by atoms with Gasteiger partial charge in [0.15, 0.2) is 0 Å². The molecule has 1 atom stereocenters. The van der Waals surface area contributed by atoms with Gasteiger partial charge in [-0.05, 0) is 37.5 Å². The van der Waals surface area contributed by atoms with Crippen LogP contribution >= 0.6 is 12.2 Å². The predicted molar refractivity (Wildman–Crippen MR) is 79.6 cm³/mol. The number of thiocarbonyl (C=S) groups is 1. The first kappa shape index (κ1) is 14.9. The number of hydrogen-bond donors (Lipinski definition) is 1. The lowest BCUT2D eigenvalue weighted by atomic mass is 10.0. The molecule has 0 fully saturated rings. The first-order valence-corrected chi connectivity index (χ1v) is 6.56. The summed E-state index contributed by atoms with van der Waals surface area (Å²) < 4.78 is 13.8. The number of nitrogens with zero attached hydrogens (tertiary/aromatic N) is 1. The van der Waals surface area contributed by atoms with Crippen LogP contribution in [0.3, 0.4) is 0 Å². The molecule has 1 aromatic rings. The monoisotopic (exact) mass is 268 g/mol. The second-order valence-corrected chi connectivity index (χ2v) is 5.56. The molecule has 2 N–H and O–H groups in total. The number of halogens is 1. The number of hydrogen-bond acceptors (Lipinski definition) is 2. The molecular formula is C14H21FN2S. The Morgan fingerprint density at radius 1 is 1.39 bits per heavy atom. The molecule has 0 heterocycles. The molecule has 2 nitrogen and oxygen atoms in total. The second-order valence-electron chi connectivity index (χ2n) is 5.12. The zero-order valence-corrected chi connectivity index (χ0v) is 12.2. The van der Waals surface area contributed by atoms with E-state index >= 15 is 0 Å². The Balaban J connectivity index is 2.90. The van der Waals surface area contributed by atoms with Crippen molar-refractivity contribution < 1.29 is 4.39 Å². The fourth-order valence-corrected chi connectivity index (χ4v) is 2.18. The molecular weight excluding hydrogens is 247 g/mol. The fraction of sp³-hybridized carbons (Fsp3) is 0.500. The zero-order valence-electron chi connectivity index (χ0n) is 11.4. The molecule has 0 radical (unpaired) electrons. The van der Waals surface area contributed by atoms with Gasteiger partial charge in [-0.25, -0.2) is 4.39 Å². The standard InChI is InChI=1S/C14H21FN2S/c1-9(2)7-10(3)17(4)11-5-6-12(14(16)18)13(15)8-11/h5-6,8-10H,7H2,1-4H3,(H2,16,18). The van der Waals surface area contributed by atoms with E-state index in [2.05, 4.69) is 25.7 Å². The zero-order chi connectivity index (χ0) is 13.9. The number of rotatable bonds is 5. The van der Waals surface area contributed by atoms with Gasteiger partial charge in [-0.3, -0.25) is 0 Å². The summed E-state index contributed by atoms with van der Waals surface area (Å²) >= 11 is 4.79. The van der Waals surface area contributed by atoms with Crippen molar-refractivity contribution in [2.24, 2.45) is 11.7 Å². The summed E-state index contributed by atoms with van der Waals surface area (Å²) in [6, 6.07) is 5.35. The largest absolute Gasteiger partial charge is 0.389 e. The second kappa shape index (κ2) is 6.14. The van der Waals surface area contributed by atoms with Gasteiger partial charge in [0.2, 0.25) is 0 Å². The Bertz CT molecular complexity index is 432. The molecule has 0 amide bonds. The SMILES string of the molecule is CC(C)CC(C)N(C)c1ccc(C(N)=S)c(F)c1. The van der Waals surface area contributed by atoms with Crippen LogP contribution in [0.2, 0.25) is 0 Å². The van der Waals surface area contributed by atoms with Crippen molar-refractivity contribution in [1.82, 2.24) is 0 Å². The maximum Gasteiger partial charge on any atom is 0.135 e. The summed E-state index contributed by atoms with van der Waals surface area (Å²) in [5.41, 5.74) is 6.60. The summed E-state index contributed by atoms with van der Waals surface area (Å²) in [4.78, 5) is 2.17. The van der Waals surface area contributed by atoms with E-state index in [0.717, 1.165) is 12.1 Å². The number of benzene rings is 1. The van der Waals surface area contributed by atoms with E-state index in [4.69, 9.17) is 18.0 Å². The molecule has 0 bridgehead atoms. The molecule has 0 spiro atoms. The Labute approximate surface area is 114 Å². The Morgan fingerprint density at radius 2 is 2.00 bits per heavy atom. The molecule has 0 aromatic heterocycles. The van der Waals surface area contributed by atoms with Crippen molar-refractivity contribution >= 4 is 22.9 Å². The van der Waals surface area contributed by atoms with E-state index in [0.29, 0.717) is 17.5 Å². The maximum absolute atomic E-state index is 13.8. The summed E-state index contributed by atoms with van der Waals surface area (Å²) in [5, 5.41) is 0. The van der Waals surface area contributed by atoms with E-state index in [9.17, 15) is 4.39 Å². The van der Waals surface area contributed by atoms with Gasteiger partial charge in [0.1, 0.15) is 10.8 Å². The topological polar surface area (TPSA) is 29.3 Å². The van der Waals surface area contributed by atoms with Crippen molar-refractivity contribution in [3.63, 3.8) is 0 Å². The molecule has 0 saturated heterocycles. The first-order chi connectivity index (χ1) is 8.32. The van der Waals surface area contributed by atoms with Crippen molar-refractivity contribution in [3.05, 3.63) is 29.6 Å². The van der Waals surface area contributed by atoms with E-state index in [1.54, 1.807) is 6.07 Å². The highest BCUT2D eigenvalue weighted by molar-refractivity contribution is 7.80. The molecule has 0 saturated carbocycles. The van der Waals surface area contributed by atoms with Crippen molar-refractivity contribution in [2.75, 3.05) is 11.9 Å². The third-order valence-electron chi connectivity index (χ3n) is 3.10. The van der Waals surface area contributed by atoms with Gasteiger partial charge in [0.25, 0.3) is 0 Å². The highest BCUT2D eigenvalue weighted by Gasteiger charge is 2.14. The lowest BCUT2D eigenvalue weighted by Crippen LogP contribution is -2.30. The van der Waals surface area contributed by atoms with Gasteiger partial charge in [0, 0.05) is 24.3 Å². The van der Waals surface area contributed by atoms with Crippen LogP contribution in [0, 0.1) is 11.7 Å². The Morgan fingerprint density at radius 3 is 2.44 bits per heavy atom. The third kappa shape index (κ3) is 3.67. The minimum absolute atomic E-state index is 0.0944. The average molecular weight is 268 g/mol. The van der Waals surface area contributed by atoms with Crippen LogP contribution in [-0.4, -0.2) is 18.1 Å². The van der Waals surface area contributed by atoms with E-state index < -0.39 is 0 Å². The minimum atomic E-state index is -0.358. The number of anilines is 1.